The quantitative estimate of drug-likeness (QED) is 0.813. The van der Waals surface area contributed by atoms with Gasteiger partial charge < -0.3 is 5.11 Å². The molecule has 3 heteroatoms. The zero-order valence-electron chi connectivity index (χ0n) is 8.24. The second kappa shape index (κ2) is 6.04. The van der Waals surface area contributed by atoms with Gasteiger partial charge in [-0.15, -0.1) is 0 Å². The van der Waals surface area contributed by atoms with Crippen molar-refractivity contribution in [3.8, 4) is 0 Å². The molecule has 1 unspecified atom stereocenters. The minimum absolute atomic E-state index is 0.192. The van der Waals surface area contributed by atoms with E-state index in [1.807, 2.05) is 0 Å². The Bertz CT molecular complexity index is 260. The van der Waals surface area contributed by atoms with Gasteiger partial charge in [0.1, 0.15) is 5.82 Å². The largest absolute Gasteiger partial charge is 0.396 e. The van der Waals surface area contributed by atoms with Crippen molar-refractivity contribution in [3.63, 3.8) is 0 Å². The average molecular weight is 214 g/mol. The highest BCUT2D eigenvalue weighted by atomic mass is 32.2. The highest BCUT2D eigenvalue weighted by molar-refractivity contribution is 7.99. The molecule has 14 heavy (non-hydrogen) atoms. The van der Waals surface area contributed by atoms with E-state index in [0.717, 1.165) is 17.7 Å². The van der Waals surface area contributed by atoms with Crippen LogP contribution in [0.25, 0.3) is 0 Å². The van der Waals surface area contributed by atoms with Crippen LogP contribution in [0.1, 0.15) is 18.9 Å². The molecule has 0 aromatic heterocycles. The summed E-state index contributed by atoms with van der Waals surface area (Å²) in [5.74, 6) is 0.684. The van der Waals surface area contributed by atoms with E-state index in [2.05, 4.69) is 6.92 Å². The molecule has 0 saturated heterocycles. The van der Waals surface area contributed by atoms with Crippen LogP contribution < -0.4 is 0 Å². The molecule has 1 atom stereocenters. The number of hydrogen-bond acceptors (Lipinski definition) is 2. The van der Waals surface area contributed by atoms with Crippen molar-refractivity contribution in [1.82, 2.24) is 0 Å². The normalized spacial score (nSPS) is 12.8. The molecule has 0 saturated carbocycles. The second-order valence-corrected chi connectivity index (χ2v) is 4.69. The van der Waals surface area contributed by atoms with E-state index in [4.69, 9.17) is 5.11 Å². The maximum absolute atomic E-state index is 12.6. The Morgan fingerprint density at radius 3 is 2.57 bits per heavy atom. The molecular formula is C11H15FOS. The molecule has 1 aromatic rings. The van der Waals surface area contributed by atoms with Gasteiger partial charge in [0.25, 0.3) is 0 Å². The molecule has 1 aromatic carbocycles. The number of hydrogen-bond donors (Lipinski definition) is 1. The number of aliphatic hydroxyl groups is 1. The van der Waals surface area contributed by atoms with Gasteiger partial charge in [-0.1, -0.05) is 19.1 Å². The van der Waals surface area contributed by atoms with E-state index in [-0.39, 0.29) is 12.4 Å². The summed E-state index contributed by atoms with van der Waals surface area (Å²) >= 11 is 1.78. The maximum Gasteiger partial charge on any atom is 0.123 e. The minimum atomic E-state index is -0.192. The first kappa shape index (κ1) is 11.5. The minimum Gasteiger partial charge on any atom is -0.396 e. The summed E-state index contributed by atoms with van der Waals surface area (Å²) in [4.78, 5) is 0. The smallest absolute Gasteiger partial charge is 0.123 e. The second-order valence-electron chi connectivity index (χ2n) is 3.26. The molecule has 0 spiro atoms. The fourth-order valence-electron chi connectivity index (χ4n) is 1.08. The monoisotopic (exact) mass is 214 g/mol. The fourth-order valence-corrected chi connectivity index (χ4v) is 2.03. The van der Waals surface area contributed by atoms with E-state index in [0.29, 0.717) is 5.25 Å². The lowest BCUT2D eigenvalue weighted by Gasteiger charge is -2.08. The molecular weight excluding hydrogens is 199 g/mol. The molecule has 1 rings (SSSR count). The van der Waals surface area contributed by atoms with Crippen molar-refractivity contribution < 1.29 is 9.50 Å². The van der Waals surface area contributed by atoms with Gasteiger partial charge in [0, 0.05) is 17.6 Å². The van der Waals surface area contributed by atoms with Gasteiger partial charge in [0.05, 0.1) is 0 Å². The Labute approximate surface area is 88.3 Å². The van der Waals surface area contributed by atoms with Gasteiger partial charge in [0.15, 0.2) is 0 Å². The van der Waals surface area contributed by atoms with Crippen molar-refractivity contribution in [2.24, 2.45) is 0 Å². The number of benzene rings is 1. The molecule has 0 fully saturated rings. The standard InChI is InChI=1S/C11H15FOS/c1-9(6-7-13)14-8-10-2-4-11(12)5-3-10/h2-5,9,13H,6-8H2,1H3. The highest BCUT2D eigenvalue weighted by Crippen LogP contribution is 2.19. The van der Waals surface area contributed by atoms with Crippen molar-refractivity contribution in [3.05, 3.63) is 35.6 Å². The van der Waals surface area contributed by atoms with Crippen LogP contribution in [0.4, 0.5) is 4.39 Å². The first-order valence-electron chi connectivity index (χ1n) is 4.69. The Balaban J connectivity index is 2.34. The van der Waals surface area contributed by atoms with Crippen LogP contribution >= 0.6 is 11.8 Å². The molecule has 0 bridgehead atoms. The Hall–Kier alpha value is -0.540. The molecule has 78 valence electrons. The summed E-state index contributed by atoms with van der Waals surface area (Å²) in [6.45, 7) is 2.32. The van der Waals surface area contributed by atoms with E-state index < -0.39 is 0 Å². The first-order chi connectivity index (χ1) is 6.72. The zero-order chi connectivity index (χ0) is 10.4. The van der Waals surface area contributed by atoms with Gasteiger partial charge in [-0.2, -0.15) is 11.8 Å². The van der Waals surface area contributed by atoms with Crippen molar-refractivity contribution in [2.75, 3.05) is 6.61 Å². The highest BCUT2D eigenvalue weighted by Gasteiger charge is 2.02. The summed E-state index contributed by atoms with van der Waals surface area (Å²) in [6, 6.07) is 6.56. The molecule has 0 heterocycles. The van der Waals surface area contributed by atoms with Crippen molar-refractivity contribution in [2.45, 2.75) is 24.3 Å². The lowest BCUT2D eigenvalue weighted by atomic mass is 10.2. The number of aliphatic hydroxyl groups excluding tert-OH is 1. The third-order valence-electron chi connectivity index (χ3n) is 1.98. The van der Waals surface area contributed by atoms with Crippen LogP contribution in [0.15, 0.2) is 24.3 Å². The van der Waals surface area contributed by atoms with E-state index in [1.54, 1.807) is 23.9 Å². The van der Waals surface area contributed by atoms with Crippen LogP contribution in [0.3, 0.4) is 0 Å². The van der Waals surface area contributed by atoms with E-state index in [9.17, 15) is 4.39 Å². The molecule has 0 amide bonds. The van der Waals surface area contributed by atoms with Crippen LogP contribution in [-0.4, -0.2) is 17.0 Å². The molecule has 0 radical (unpaired) electrons. The fraction of sp³-hybridized carbons (Fsp3) is 0.455. The summed E-state index contributed by atoms with van der Waals surface area (Å²) < 4.78 is 12.6. The van der Waals surface area contributed by atoms with Gasteiger partial charge in [-0.25, -0.2) is 4.39 Å². The average Bonchev–Trinajstić information content (AvgIpc) is 2.17. The summed E-state index contributed by atoms with van der Waals surface area (Å²) in [5.41, 5.74) is 1.13. The van der Waals surface area contributed by atoms with Gasteiger partial charge in [0.2, 0.25) is 0 Å². The van der Waals surface area contributed by atoms with Gasteiger partial charge >= 0.3 is 0 Å². The lowest BCUT2D eigenvalue weighted by molar-refractivity contribution is 0.289. The predicted octanol–water partition coefficient (Wildman–Crippen LogP) is 2.83. The molecule has 1 nitrogen and oxygen atoms in total. The van der Waals surface area contributed by atoms with Crippen LogP contribution in [0.2, 0.25) is 0 Å². The van der Waals surface area contributed by atoms with Crippen LogP contribution in [0, 0.1) is 5.82 Å². The van der Waals surface area contributed by atoms with Crippen molar-refractivity contribution in [1.29, 1.82) is 0 Å². The summed E-state index contributed by atoms with van der Waals surface area (Å²) in [7, 11) is 0. The number of halogens is 1. The molecule has 0 aliphatic carbocycles. The Morgan fingerprint density at radius 1 is 1.36 bits per heavy atom. The Morgan fingerprint density at radius 2 is 2.00 bits per heavy atom. The summed E-state index contributed by atoms with van der Waals surface area (Å²) in [5, 5.41) is 9.16. The third kappa shape index (κ3) is 4.11. The van der Waals surface area contributed by atoms with Crippen LogP contribution in [-0.2, 0) is 5.75 Å². The van der Waals surface area contributed by atoms with Crippen molar-refractivity contribution >= 4 is 11.8 Å². The number of rotatable bonds is 5. The van der Waals surface area contributed by atoms with E-state index >= 15 is 0 Å². The van der Waals surface area contributed by atoms with E-state index in [1.165, 1.54) is 12.1 Å². The predicted molar refractivity (Wildman–Crippen MR) is 58.9 cm³/mol. The van der Waals surface area contributed by atoms with Crippen LogP contribution in [0.5, 0.6) is 0 Å². The zero-order valence-corrected chi connectivity index (χ0v) is 9.06. The lowest BCUT2D eigenvalue weighted by Crippen LogP contribution is -1.99. The maximum atomic E-state index is 12.6. The SMILES string of the molecule is CC(CCO)SCc1ccc(F)cc1. The molecule has 0 aliphatic rings. The topological polar surface area (TPSA) is 20.2 Å². The van der Waals surface area contributed by atoms with Gasteiger partial charge in [-0.05, 0) is 24.1 Å². The summed E-state index contributed by atoms with van der Waals surface area (Å²) in [6.07, 6.45) is 0.811. The molecule has 1 N–H and O–H groups in total. The number of thioether (sulfide) groups is 1. The molecule has 0 aliphatic heterocycles. The van der Waals surface area contributed by atoms with Gasteiger partial charge in [-0.3, -0.25) is 0 Å². The first-order valence-corrected chi connectivity index (χ1v) is 5.74. The third-order valence-corrected chi connectivity index (χ3v) is 3.29. The Kier molecular flexibility index (Phi) is 4.98.